The summed E-state index contributed by atoms with van der Waals surface area (Å²) in [5.74, 6) is -1.91. The number of amides is 1. The first-order valence-corrected chi connectivity index (χ1v) is 15.2. The lowest BCUT2D eigenvalue weighted by atomic mass is 9.93. The number of aliphatic hydroxyl groups is 4. The Morgan fingerprint density at radius 3 is 2.22 bits per heavy atom. The van der Waals surface area contributed by atoms with Crippen LogP contribution in [0.2, 0.25) is 0 Å². The van der Waals surface area contributed by atoms with Crippen LogP contribution < -0.4 is 20.5 Å². The van der Waals surface area contributed by atoms with Crippen molar-refractivity contribution in [1.82, 2.24) is 15.5 Å². The van der Waals surface area contributed by atoms with Gasteiger partial charge in [-0.15, -0.1) is 5.10 Å². The molecule has 3 rings (SSSR count). The molecule has 16 heteroatoms. The summed E-state index contributed by atoms with van der Waals surface area (Å²) < 4.78 is 17.3. The molecule has 1 aromatic carbocycles. The Bertz CT molecular complexity index is 1320. The average molecular weight is 701 g/mol. The number of hydrogen-bond acceptors (Lipinski definition) is 12. The molecule has 0 spiro atoms. The fraction of sp³-hybridized carbons (Fsp3) is 0.636. The van der Waals surface area contributed by atoms with Crippen molar-refractivity contribution in [3.8, 4) is 11.6 Å². The Hall–Kier alpha value is -3.80. The van der Waals surface area contributed by atoms with Crippen molar-refractivity contribution in [2.24, 2.45) is 11.1 Å². The van der Waals surface area contributed by atoms with E-state index in [1.807, 2.05) is 39.0 Å². The normalized spacial score (nSPS) is 20.2. The number of carboxylic acid groups (broad SMARTS) is 2. The van der Waals surface area contributed by atoms with Gasteiger partial charge in [-0.05, 0) is 62.9 Å². The van der Waals surface area contributed by atoms with Crippen molar-refractivity contribution < 1.29 is 59.2 Å². The van der Waals surface area contributed by atoms with Gasteiger partial charge in [-0.1, -0.05) is 34.8 Å². The topological polar surface area (TPSA) is 267 Å². The van der Waals surface area contributed by atoms with Crippen LogP contribution in [-0.2, 0) is 25.5 Å². The number of aliphatic hydroxyl groups excluding tert-OH is 4. The molecule has 0 saturated carbocycles. The fourth-order valence-electron chi connectivity index (χ4n) is 4.53. The molecule has 2 unspecified atom stereocenters. The maximum absolute atomic E-state index is 11.4. The van der Waals surface area contributed by atoms with Crippen LogP contribution in [0.4, 0.5) is 0 Å². The van der Waals surface area contributed by atoms with Crippen LogP contribution in [0.15, 0.2) is 18.2 Å². The van der Waals surface area contributed by atoms with Gasteiger partial charge in [-0.25, -0.2) is 0 Å². The summed E-state index contributed by atoms with van der Waals surface area (Å²) in [7, 11) is 0. The van der Waals surface area contributed by atoms with Crippen molar-refractivity contribution in [2.75, 3.05) is 26.3 Å². The number of nitrogens with zero attached hydrogens (tertiary/aromatic N) is 1. The SMILES string of the molecule is C.C.Cc1cc(OCCCNCC(C)(C)C(N)=O)ccc1Cc1c(O[C@@H]2OC(CO)[C@@H](O)[C@@H](O)C2O)n[nH]c1C(C)C.O=C(O)CC(=O)O. The molecule has 1 saturated heterocycles. The van der Waals surface area contributed by atoms with Crippen molar-refractivity contribution in [1.29, 1.82) is 0 Å². The van der Waals surface area contributed by atoms with E-state index in [1.165, 1.54) is 0 Å². The Balaban J connectivity index is 0.00000231. The number of carboxylic acids is 2. The van der Waals surface area contributed by atoms with Gasteiger partial charge in [-0.3, -0.25) is 19.5 Å². The van der Waals surface area contributed by atoms with E-state index in [-0.39, 0.29) is 32.6 Å². The molecule has 0 bridgehead atoms. The molecule has 16 nitrogen and oxygen atoms in total. The fourth-order valence-corrected chi connectivity index (χ4v) is 4.53. The first-order chi connectivity index (χ1) is 22.0. The largest absolute Gasteiger partial charge is 0.494 e. The molecular formula is C33H56N4O12. The van der Waals surface area contributed by atoms with Gasteiger partial charge in [0.25, 0.3) is 0 Å². The molecule has 0 aliphatic carbocycles. The summed E-state index contributed by atoms with van der Waals surface area (Å²) in [6.07, 6.45) is -6.53. The van der Waals surface area contributed by atoms with Crippen molar-refractivity contribution in [3.63, 3.8) is 0 Å². The van der Waals surface area contributed by atoms with Gasteiger partial charge in [0.05, 0.1) is 18.6 Å². The Kier molecular flexibility index (Phi) is 19.1. The summed E-state index contributed by atoms with van der Waals surface area (Å²) in [5, 5.41) is 66.0. The molecule has 0 radical (unpaired) electrons. The minimum absolute atomic E-state index is 0. The van der Waals surface area contributed by atoms with Crippen LogP contribution in [0.25, 0.3) is 0 Å². The molecule has 1 aliphatic heterocycles. The lowest BCUT2D eigenvalue weighted by molar-refractivity contribution is -0.278. The number of aryl methyl sites for hydroxylation is 1. The minimum Gasteiger partial charge on any atom is -0.494 e. The van der Waals surface area contributed by atoms with Crippen molar-refractivity contribution >= 4 is 17.8 Å². The van der Waals surface area contributed by atoms with Crippen LogP contribution in [0.5, 0.6) is 11.6 Å². The van der Waals surface area contributed by atoms with E-state index in [4.69, 9.17) is 30.2 Å². The number of aliphatic carboxylic acids is 2. The number of hydrogen-bond donors (Lipinski definition) is 9. The van der Waals surface area contributed by atoms with Crippen LogP contribution >= 0.6 is 0 Å². The van der Waals surface area contributed by atoms with Crippen LogP contribution in [-0.4, -0.2) is 116 Å². The number of rotatable bonds is 16. The van der Waals surface area contributed by atoms with Gasteiger partial charge in [-0.2, -0.15) is 0 Å². The zero-order chi connectivity index (χ0) is 35.5. The predicted molar refractivity (Wildman–Crippen MR) is 180 cm³/mol. The number of aromatic amines is 1. The third kappa shape index (κ3) is 13.6. The van der Waals surface area contributed by atoms with Gasteiger partial charge in [0.2, 0.25) is 18.1 Å². The summed E-state index contributed by atoms with van der Waals surface area (Å²) in [6.45, 7) is 10.8. The highest BCUT2D eigenvalue weighted by molar-refractivity contribution is 5.88. The number of nitrogens with one attached hydrogen (secondary N) is 2. The van der Waals surface area contributed by atoms with E-state index in [1.54, 1.807) is 13.8 Å². The summed E-state index contributed by atoms with van der Waals surface area (Å²) in [5.41, 5.74) is 8.45. The van der Waals surface area contributed by atoms with E-state index in [0.29, 0.717) is 26.1 Å². The number of carbonyl (C=O) groups excluding carboxylic acids is 1. The maximum atomic E-state index is 11.4. The molecule has 280 valence electrons. The minimum atomic E-state index is -1.55. The van der Waals surface area contributed by atoms with Crippen molar-refractivity contribution in [2.45, 2.75) is 105 Å². The zero-order valence-corrected chi connectivity index (χ0v) is 27.3. The highest BCUT2D eigenvalue weighted by atomic mass is 16.7. The molecule has 10 N–H and O–H groups in total. The van der Waals surface area contributed by atoms with Crippen molar-refractivity contribution in [3.05, 3.63) is 40.6 Å². The third-order valence-corrected chi connectivity index (χ3v) is 7.50. The Morgan fingerprint density at radius 2 is 1.71 bits per heavy atom. The second-order valence-corrected chi connectivity index (χ2v) is 12.2. The average Bonchev–Trinajstić information content (AvgIpc) is 3.38. The standard InChI is InChI=1S/C28H44N4O8.C3H4O4.2CH4/c1-15(2)21-19(25(32-31-21)40-26-24(36)23(35)22(34)20(13-33)39-26)12-17-7-8-18(11-16(17)3)38-10-6-9-30-14-28(4,5)27(29)37;4-2(5)1-3(6)7;;/h7-8,11,15,20,22-24,26,30,33-36H,6,9-10,12-14H2,1-5H3,(H2,29,37)(H,31,32);1H2,(H,4,5)(H,6,7);2*1H4/t20?,22-,23-,24?,26+;;;/m1.../s1. The van der Waals surface area contributed by atoms with E-state index < -0.39 is 61.1 Å². The van der Waals surface area contributed by atoms with Gasteiger partial charge in [0.1, 0.15) is 36.6 Å². The second kappa shape index (κ2) is 20.7. The number of ether oxygens (including phenoxy) is 3. The molecular weight excluding hydrogens is 644 g/mol. The molecule has 5 atom stereocenters. The summed E-state index contributed by atoms with van der Waals surface area (Å²) >= 11 is 0. The molecule has 2 heterocycles. The monoisotopic (exact) mass is 700 g/mol. The molecule has 1 amide bonds. The van der Waals surface area contributed by atoms with E-state index in [9.17, 15) is 34.8 Å². The molecule has 1 fully saturated rings. The van der Waals surface area contributed by atoms with Crippen LogP contribution in [0, 0.1) is 12.3 Å². The van der Waals surface area contributed by atoms with E-state index >= 15 is 0 Å². The highest BCUT2D eigenvalue weighted by Crippen LogP contribution is 2.32. The van der Waals surface area contributed by atoms with Crippen LogP contribution in [0.1, 0.15) is 83.7 Å². The number of primary amides is 1. The summed E-state index contributed by atoms with van der Waals surface area (Å²) in [6, 6.07) is 5.85. The number of nitrogens with two attached hydrogens (primary N) is 1. The van der Waals surface area contributed by atoms with E-state index in [0.717, 1.165) is 34.6 Å². The quantitative estimate of drug-likeness (QED) is 0.0883. The highest BCUT2D eigenvalue weighted by Gasteiger charge is 2.45. The Labute approximate surface area is 287 Å². The number of benzene rings is 1. The molecule has 49 heavy (non-hydrogen) atoms. The smallest absolute Gasteiger partial charge is 0.314 e. The number of carbonyl (C=O) groups is 3. The predicted octanol–water partition coefficient (Wildman–Crippen LogP) is 1.30. The maximum Gasteiger partial charge on any atom is 0.314 e. The second-order valence-electron chi connectivity index (χ2n) is 12.2. The first kappa shape index (κ1) is 45.2. The molecule has 1 aliphatic rings. The zero-order valence-electron chi connectivity index (χ0n) is 27.3. The van der Waals surface area contributed by atoms with E-state index in [2.05, 4.69) is 15.5 Å². The molecule has 1 aromatic heterocycles. The van der Waals surface area contributed by atoms with Gasteiger partial charge >= 0.3 is 11.9 Å². The van der Waals surface area contributed by atoms with Gasteiger partial charge in [0, 0.05) is 24.2 Å². The summed E-state index contributed by atoms with van der Waals surface area (Å²) in [4.78, 5) is 30.3. The van der Waals surface area contributed by atoms with Crippen LogP contribution in [0.3, 0.4) is 0 Å². The first-order valence-electron chi connectivity index (χ1n) is 15.2. The lowest BCUT2D eigenvalue weighted by Crippen LogP contribution is -2.60. The lowest BCUT2D eigenvalue weighted by Gasteiger charge is -2.39. The van der Waals surface area contributed by atoms with Gasteiger partial charge in [0.15, 0.2) is 0 Å². The Morgan fingerprint density at radius 1 is 1.08 bits per heavy atom. The van der Waals surface area contributed by atoms with Gasteiger partial charge < -0.3 is 55.9 Å². The number of aromatic nitrogens is 2. The third-order valence-electron chi connectivity index (χ3n) is 7.50. The molecule has 2 aromatic rings. The number of H-pyrrole nitrogens is 1.